The minimum atomic E-state index is -3.15. The second-order valence-corrected chi connectivity index (χ2v) is 9.98. The molecule has 1 aromatic carbocycles. The van der Waals surface area contributed by atoms with Crippen LogP contribution in [0, 0.1) is 0 Å². The summed E-state index contributed by atoms with van der Waals surface area (Å²) < 4.78 is 29.3. The Kier molecular flexibility index (Phi) is 6.21. The van der Waals surface area contributed by atoms with E-state index in [4.69, 9.17) is 4.74 Å². The normalized spacial score (nSPS) is 20.5. The summed E-state index contributed by atoms with van der Waals surface area (Å²) in [7, 11) is -1.64. The van der Waals surface area contributed by atoms with Crippen LogP contribution in [0.3, 0.4) is 0 Å². The Balaban J connectivity index is 1.68. The highest BCUT2D eigenvalue weighted by atomic mass is 79.9. The van der Waals surface area contributed by atoms with Crippen LogP contribution >= 0.6 is 15.9 Å². The molecule has 1 atom stereocenters. The largest absolute Gasteiger partial charge is 0.383 e. The molecular formula is C18H21BrN2O6S. The summed E-state index contributed by atoms with van der Waals surface area (Å²) in [6.45, 7) is 0.500. The Morgan fingerprint density at radius 3 is 2.64 bits per heavy atom. The van der Waals surface area contributed by atoms with Crippen LogP contribution in [0.2, 0.25) is 0 Å². The molecule has 1 fully saturated rings. The van der Waals surface area contributed by atoms with Crippen LogP contribution in [0.25, 0.3) is 0 Å². The molecule has 0 radical (unpaired) electrons. The minimum Gasteiger partial charge on any atom is -0.383 e. The number of carbonyl (C=O) groups is 3. The molecule has 10 heteroatoms. The van der Waals surface area contributed by atoms with Crippen molar-refractivity contribution in [3.05, 3.63) is 33.8 Å². The molecule has 2 aliphatic heterocycles. The van der Waals surface area contributed by atoms with Gasteiger partial charge in [0.15, 0.2) is 9.84 Å². The van der Waals surface area contributed by atoms with Gasteiger partial charge in [-0.1, -0.05) is 15.9 Å². The van der Waals surface area contributed by atoms with Crippen LogP contribution in [0.1, 0.15) is 33.6 Å². The van der Waals surface area contributed by atoms with Crippen molar-refractivity contribution < 1.29 is 27.5 Å². The Hall–Kier alpha value is -1.78. The Morgan fingerprint density at radius 1 is 1.29 bits per heavy atom. The minimum absolute atomic E-state index is 0.0499. The molecule has 2 heterocycles. The summed E-state index contributed by atoms with van der Waals surface area (Å²) in [6, 6.07) is 4.46. The number of amides is 3. The third-order valence-electron chi connectivity index (χ3n) is 4.99. The van der Waals surface area contributed by atoms with Crippen molar-refractivity contribution in [1.82, 2.24) is 9.80 Å². The molecule has 3 amide bonds. The number of halogens is 1. The Labute approximate surface area is 171 Å². The van der Waals surface area contributed by atoms with Crippen LogP contribution in [-0.4, -0.2) is 80.3 Å². The lowest BCUT2D eigenvalue weighted by atomic mass is 10.1. The highest BCUT2D eigenvalue weighted by molar-refractivity contribution is 9.10. The topological polar surface area (TPSA) is 101 Å². The zero-order valence-electron chi connectivity index (χ0n) is 15.4. The van der Waals surface area contributed by atoms with Gasteiger partial charge in [0.2, 0.25) is 5.91 Å². The van der Waals surface area contributed by atoms with Crippen molar-refractivity contribution in [2.45, 2.75) is 18.9 Å². The van der Waals surface area contributed by atoms with Gasteiger partial charge in [0.25, 0.3) is 11.8 Å². The number of rotatable bonds is 7. The SMILES string of the molecule is COCCN(C(=O)CCN1C(=O)c2ccc(Br)cc2C1=O)[C@H]1CCS(=O)(=O)C1. The first-order valence-electron chi connectivity index (χ1n) is 8.88. The van der Waals surface area contributed by atoms with E-state index in [-0.39, 0.29) is 43.5 Å². The van der Waals surface area contributed by atoms with Gasteiger partial charge in [0.05, 0.1) is 29.2 Å². The number of hydrogen-bond acceptors (Lipinski definition) is 6. The predicted octanol–water partition coefficient (Wildman–Crippen LogP) is 1.10. The fourth-order valence-electron chi connectivity index (χ4n) is 3.54. The molecule has 0 aromatic heterocycles. The van der Waals surface area contributed by atoms with E-state index < -0.39 is 27.7 Å². The van der Waals surface area contributed by atoms with E-state index in [2.05, 4.69) is 15.9 Å². The van der Waals surface area contributed by atoms with Crippen molar-refractivity contribution >= 4 is 43.5 Å². The van der Waals surface area contributed by atoms with E-state index in [0.29, 0.717) is 22.0 Å². The molecule has 0 saturated carbocycles. The average Bonchev–Trinajstić information content (AvgIpc) is 3.11. The number of benzene rings is 1. The van der Waals surface area contributed by atoms with Gasteiger partial charge in [0, 0.05) is 37.1 Å². The molecule has 0 bridgehead atoms. The summed E-state index contributed by atoms with van der Waals surface area (Å²) in [4.78, 5) is 40.3. The number of nitrogens with zero attached hydrogens (tertiary/aromatic N) is 2. The standard InChI is InChI=1S/C18H21BrN2O6S/c1-27-8-7-20(13-5-9-28(25,26)11-13)16(22)4-6-21-17(23)14-3-2-12(19)10-15(14)18(21)24/h2-3,10,13H,4-9,11H2,1H3/t13-/m0/s1. The van der Waals surface area contributed by atoms with Crippen molar-refractivity contribution in [3.8, 4) is 0 Å². The molecule has 8 nitrogen and oxygen atoms in total. The van der Waals surface area contributed by atoms with Gasteiger partial charge in [-0.2, -0.15) is 0 Å². The van der Waals surface area contributed by atoms with Crippen molar-refractivity contribution in [2.24, 2.45) is 0 Å². The monoisotopic (exact) mass is 472 g/mol. The third-order valence-corrected chi connectivity index (χ3v) is 7.23. The van der Waals surface area contributed by atoms with Crippen LogP contribution < -0.4 is 0 Å². The first-order valence-corrected chi connectivity index (χ1v) is 11.5. The molecular weight excluding hydrogens is 452 g/mol. The van der Waals surface area contributed by atoms with E-state index in [1.54, 1.807) is 18.2 Å². The summed E-state index contributed by atoms with van der Waals surface area (Å²) in [5.41, 5.74) is 0.628. The molecule has 0 N–H and O–H groups in total. The molecule has 28 heavy (non-hydrogen) atoms. The maximum absolute atomic E-state index is 12.8. The van der Waals surface area contributed by atoms with Gasteiger partial charge >= 0.3 is 0 Å². The van der Waals surface area contributed by atoms with Crippen LogP contribution in [0.4, 0.5) is 0 Å². The fraction of sp³-hybridized carbons (Fsp3) is 0.500. The third kappa shape index (κ3) is 4.28. The summed E-state index contributed by atoms with van der Waals surface area (Å²) >= 11 is 3.28. The van der Waals surface area contributed by atoms with Gasteiger partial charge in [-0.25, -0.2) is 8.42 Å². The van der Waals surface area contributed by atoms with Gasteiger partial charge in [-0.15, -0.1) is 0 Å². The molecule has 0 unspecified atom stereocenters. The van der Waals surface area contributed by atoms with E-state index in [9.17, 15) is 22.8 Å². The average molecular weight is 473 g/mol. The number of methoxy groups -OCH3 is 1. The summed E-state index contributed by atoms with van der Waals surface area (Å²) in [5, 5.41) is 0. The molecule has 0 spiro atoms. The lowest BCUT2D eigenvalue weighted by Gasteiger charge is -2.28. The number of sulfone groups is 1. The molecule has 0 aliphatic carbocycles. The fourth-order valence-corrected chi connectivity index (χ4v) is 5.63. The van der Waals surface area contributed by atoms with Gasteiger partial charge < -0.3 is 9.64 Å². The second-order valence-electron chi connectivity index (χ2n) is 6.84. The predicted molar refractivity (Wildman–Crippen MR) is 105 cm³/mol. The number of carbonyl (C=O) groups excluding carboxylic acids is 3. The van der Waals surface area contributed by atoms with Crippen molar-refractivity contribution in [1.29, 1.82) is 0 Å². The van der Waals surface area contributed by atoms with Crippen molar-refractivity contribution in [3.63, 3.8) is 0 Å². The molecule has 152 valence electrons. The zero-order chi connectivity index (χ0) is 20.5. The number of hydrogen-bond donors (Lipinski definition) is 0. The van der Waals surface area contributed by atoms with E-state index in [1.165, 1.54) is 12.0 Å². The highest BCUT2D eigenvalue weighted by Gasteiger charge is 2.37. The maximum Gasteiger partial charge on any atom is 0.261 e. The van der Waals surface area contributed by atoms with E-state index >= 15 is 0 Å². The van der Waals surface area contributed by atoms with Crippen LogP contribution in [-0.2, 0) is 19.4 Å². The maximum atomic E-state index is 12.8. The van der Waals surface area contributed by atoms with Crippen molar-refractivity contribution in [2.75, 3.05) is 38.3 Å². The summed E-state index contributed by atoms with van der Waals surface area (Å²) in [6.07, 6.45) is 0.325. The van der Waals surface area contributed by atoms with Crippen LogP contribution in [0.15, 0.2) is 22.7 Å². The van der Waals surface area contributed by atoms with Gasteiger partial charge in [0.1, 0.15) is 0 Å². The van der Waals surface area contributed by atoms with Crippen LogP contribution in [0.5, 0.6) is 0 Å². The van der Waals surface area contributed by atoms with Gasteiger partial charge in [-0.3, -0.25) is 19.3 Å². The second kappa shape index (κ2) is 8.30. The molecule has 1 aromatic rings. The molecule has 1 saturated heterocycles. The first kappa shape index (κ1) is 20.9. The highest BCUT2D eigenvalue weighted by Crippen LogP contribution is 2.26. The number of fused-ring (bicyclic) bond motifs is 1. The Morgan fingerprint density at radius 2 is 2.00 bits per heavy atom. The van der Waals surface area contributed by atoms with E-state index in [1.807, 2.05) is 0 Å². The van der Waals surface area contributed by atoms with E-state index in [0.717, 1.165) is 4.90 Å². The summed E-state index contributed by atoms with van der Waals surface area (Å²) in [5.74, 6) is -1.16. The van der Waals surface area contributed by atoms with Gasteiger partial charge in [-0.05, 0) is 24.6 Å². The zero-order valence-corrected chi connectivity index (χ0v) is 17.8. The smallest absolute Gasteiger partial charge is 0.261 e. The lowest BCUT2D eigenvalue weighted by Crippen LogP contribution is -2.44. The molecule has 3 rings (SSSR count). The molecule has 2 aliphatic rings. The quantitative estimate of drug-likeness (QED) is 0.550. The Bertz CT molecular complexity index is 917. The number of imide groups is 1. The first-order chi connectivity index (χ1) is 13.2. The lowest BCUT2D eigenvalue weighted by molar-refractivity contribution is -0.133. The number of ether oxygens (including phenoxy) is 1.